The highest BCUT2D eigenvalue weighted by Gasteiger charge is 2.31. The van der Waals surface area contributed by atoms with Crippen molar-refractivity contribution in [1.82, 2.24) is 10.6 Å². The van der Waals surface area contributed by atoms with Crippen molar-refractivity contribution in [3.05, 3.63) is 65.0 Å². The lowest BCUT2D eigenvalue weighted by Gasteiger charge is -2.18. The number of nitrogens with one attached hydrogen (secondary N) is 2. The molecule has 39 heavy (non-hydrogen) atoms. The summed E-state index contributed by atoms with van der Waals surface area (Å²) in [5, 5.41) is 4.88. The number of hydrogen-bond acceptors (Lipinski definition) is 6. The molecule has 1 unspecified atom stereocenters. The molecule has 0 heterocycles. The van der Waals surface area contributed by atoms with Crippen LogP contribution in [-0.2, 0) is 20.9 Å². The summed E-state index contributed by atoms with van der Waals surface area (Å²) in [7, 11) is 0. The summed E-state index contributed by atoms with van der Waals surface area (Å²) in [4.78, 5) is 36.7. The van der Waals surface area contributed by atoms with Crippen LogP contribution in [0.2, 0.25) is 0 Å². The molecule has 0 spiro atoms. The van der Waals surface area contributed by atoms with E-state index in [1.54, 1.807) is 30.3 Å². The van der Waals surface area contributed by atoms with Crippen LogP contribution < -0.4 is 21.1 Å². The molecule has 8 nitrogen and oxygen atoms in total. The largest absolute Gasteiger partial charge is 0.445 e. The Morgan fingerprint density at radius 2 is 1.46 bits per heavy atom. The lowest BCUT2D eigenvalue weighted by molar-refractivity contribution is -0.137. The highest BCUT2D eigenvalue weighted by Crippen LogP contribution is 2.29. The van der Waals surface area contributed by atoms with Crippen LogP contribution in [0.4, 0.5) is 26.7 Å². The molecule has 214 valence electrons. The number of alkyl carbamates (subject to hydrolysis) is 1. The summed E-state index contributed by atoms with van der Waals surface area (Å²) in [5.41, 5.74) is 6.03. The van der Waals surface area contributed by atoms with E-state index in [0.717, 1.165) is 12.8 Å². The van der Waals surface area contributed by atoms with E-state index in [0.29, 0.717) is 31.4 Å². The highest BCUT2D eigenvalue weighted by atomic mass is 19.2. The Kier molecular flexibility index (Phi) is 13.1. The zero-order chi connectivity index (χ0) is 28.8. The minimum Gasteiger partial charge on any atom is -0.445 e. The number of unbranched alkanes of at least 4 members (excludes halogenated alkanes) is 3. The fourth-order valence-corrected chi connectivity index (χ4v) is 3.40. The van der Waals surface area contributed by atoms with Crippen LogP contribution in [0.1, 0.15) is 50.5 Å². The molecule has 0 aliphatic rings. The maximum absolute atomic E-state index is 14.0. The molecule has 4 N–H and O–H groups in total. The summed E-state index contributed by atoms with van der Waals surface area (Å²) in [6, 6.07) is 6.96. The van der Waals surface area contributed by atoms with Crippen molar-refractivity contribution in [2.24, 2.45) is 5.73 Å². The molecule has 1 atom stereocenters. The first-order valence-electron chi connectivity index (χ1n) is 12.3. The smallest absolute Gasteiger partial charge is 0.408 e. The van der Waals surface area contributed by atoms with Crippen LogP contribution in [0, 0.1) is 29.1 Å². The van der Waals surface area contributed by atoms with Gasteiger partial charge in [0.2, 0.25) is 40.7 Å². The SMILES string of the molecule is NCCCCCC(=O)NCCCCC(NC(=O)OCc1ccccc1)C(=O)Oc1c(F)c(F)c(F)c(F)c1F. The number of halogens is 5. The number of carbonyl (C=O) groups excluding carboxylic acids is 3. The Balaban J connectivity index is 1.99. The number of nitrogens with two attached hydrogens (primary N) is 1. The van der Waals surface area contributed by atoms with Gasteiger partial charge in [-0.05, 0) is 44.2 Å². The Hall–Kier alpha value is -3.74. The van der Waals surface area contributed by atoms with Gasteiger partial charge in [-0.15, -0.1) is 0 Å². The molecule has 2 aromatic rings. The molecule has 2 aromatic carbocycles. The second kappa shape index (κ2) is 16.3. The van der Waals surface area contributed by atoms with Crippen LogP contribution >= 0.6 is 0 Å². The van der Waals surface area contributed by atoms with Gasteiger partial charge in [0, 0.05) is 13.0 Å². The molecule has 0 saturated carbocycles. The van der Waals surface area contributed by atoms with Gasteiger partial charge in [-0.3, -0.25) is 4.79 Å². The first-order chi connectivity index (χ1) is 18.6. The zero-order valence-electron chi connectivity index (χ0n) is 21.0. The lowest BCUT2D eigenvalue weighted by Crippen LogP contribution is -2.43. The number of benzene rings is 2. The minimum absolute atomic E-state index is 0.152. The van der Waals surface area contributed by atoms with Gasteiger partial charge in [-0.25, -0.2) is 22.8 Å². The maximum atomic E-state index is 14.0. The molecule has 0 radical (unpaired) electrons. The average molecular weight is 560 g/mol. The van der Waals surface area contributed by atoms with Crippen LogP contribution in [0.3, 0.4) is 0 Å². The van der Waals surface area contributed by atoms with Crippen molar-refractivity contribution in [3.63, 3.8) is 0 Å². The fraction of sp³-hybridized carbons (Fsp3) is 0.423. The summed E-state index contributed by atoms with van der Waals surface area (Å²) in [6.07, 6.45) is 1.98. The first kappa shape index (κ1) is 31.5. The normalized spacial score (nSPS) is 11.5. The van der Waals surface area contributed by atoms with Gasteiger partial charge in [0.05, 0.1) is 0 Å². The molecule has 0 aromatic heterocycles. The summed E-state index contributed by atoms with van der Waals surface area (Å²) >= 11 is 0. The topological polar surface area (TPSA) is 120 Å². The molecular weight excluding hydrogens is 529 g/mol. The number of hydrogen-bond donors (Lipinski definition) is 3. The zero-order valence-corrected chi connectivity index (χ0v) is 21.0. The van der Waals surface area contributed by atoms with E-state index < -0.39 is 52.9 Å². The third-order valence-corrected chi connectivity index (χ3v) is 5.51. The third-order valence-electron chi connectivity index (χ3n) is 5.51. The molecule has 0 saturated heterocycles. The van der Waals surface area contributed by atoms with E-state index in [9.17, 15) is 36.3 Å². The van der Waals surface area contributed by atoms with Crippen molar-refractivity contribution in [3.8, 4) is 5.75 Å². The predicted molar refractivity (Wildman–Crippen MR) is 130 cm³/mol. The Labute approximate surface area is 222 Å². The van der Waals surface area contributed by atoms with E-state index in [2.05, 4.69) is 15.4 Å². The molecule has 0 aliphatic carbocycles. The first-order valence-corrected chi connectivity index (χ1v) is 12.3. The van der Waals surface area contributed by atoms with Gasteiger partial charge in [0.15, 0.2) is 0 Å². The van der Waals surface area contributed by atoms with E-state index in [1.807, 2.05) is 0 Å². The predicted octanol–water partition coefficient (Wildman–Crippen LogP) is 4.39. The van der Waals surface area contributed by atoms with Crippen LogP contribution in [-0.4, -0.2) is 37.1 Å². The second-order valence-corrected chi connectivity index (χ2v) is 8.52. The molecule has 0 aliphatic heterocycles. The average Bonchev–Trinajstić information content (AvgIpc) is 2.94. The van der Waals surface area contributed by atoms with Crippen molar-refractivity contribution < 1.29 is 45.8 Å². The van der Waals surface area contributed by atoms with Gasteiger partial charge in [0.25, 0.3) is 0 Å². The maximum Gasteiger partial charge on any atom is 0.408 e. The number of carbonyl (C=O) groups is 3. The molecule has 0 bridgehead atoms. The monoisotopic (exact) mass is 559 g/mol. The molecule has 13 heteroatoms. The Morgan fingerprint density at radius 1 is 0.821 bits per heavy atom. The Morgan fingerprint density at radius 3 is 2.10 bits per heavy atom. The standard InChI is InChI=1S/C26H30F5N3O5/c27-19-20(28)22(30)24(23(31)21(19)29)39-25(36)17(34-26(37)38-15-16-9-3-1-4-10-16)11-6-8-14-33-18(35)12-5-2-7-13-32/h1,3-4,9-10,17H,2,5-8,11-15,32H2,(H,33,35)(H,34,37). The van der Waals surface area contributed by atoms with Gasteiger partial charge >= 0.3 is 12.1 Å². The van der Waals surface area contributed by atoms with Gasteiger partial charge in [0.1, 0.15) is 12.6 Å². The quantitative estimate of drug-likeness (QED) is 0.0744. The van der Waals surface area contributed by atoms with E-state index >= 15 is 0 Å². The van der Waals surface area contributed by atoms with E-state index in [-0.39, 0.29) is 31.9 Å². The summed E-state index contributed by atoms with van der Waals surface area (Å²) in [5.74, 6) is -15.1. The van der Waals surface area contributed by atoms with Crippen LogP contribution in [0.25, 0.3) is 0 Å². The number of rotatable bonds is 15. The molecule has 2 amide bonds. The Bertz CT molecular complexity index is 1090. The molecular formula is C26H30F5N3O5. The summed E-state index contributed by atoms with van der Waals surface area (Å²) < 4.78 is 77.9. The van der Waals surface area contributed by atoms with Crippen LogP contribution in [0.15, 0.2) is 30.3 Å². The number of esters is 1. The minimum atomic E-state index is -2.41. The fourth-order valence-electron chi connectivity index (χ4n) is 3.40. The van der Waals surface area contributed by atoms with E-state index in [1.165, 1.54) is 0 Å². The molecule has 0 fully saturated rings. The van der Waals surface area contributed by atoms with E-state index in [4.69, 9.17) is 10.5 Å². The van der Waals surface area contributed by atoms with Crippen molar-refractivity contribution in [1.29, 1.82) is 0 Å². The summed E-state index contributed by atoms with van der Waals surface area (Å²) in [6.45, 7) is 0.625. The second-order valence-electron chi connectivity index (χ2n) is 8.52. The van der Waals surface area contributed by atoms with Crippen molar-refractivity contribution in [2.75, 3.05) is 13.1 Å². The van der Waals surface area contributed by atoms with Crippen LogP contribution in [0.5, 0.6) is 5.75 Å². The molecule has 2 rings (SSSR count). The lowest BCUT2D eigenvalue weighted by atomic mass is 10.1. The van der Waals surface area contributed by atoms with Gasteiger partial charge < -0.3 is 25.8 Å². The van der Waals surface area contributed by atoms with Crippen molar-refractivity contribution in [2.45, 2.75) is 57.6 Å². The number of amides is 2. The van der Waals surface area contributed by atoms with Gasteiger partial charge in [-0.1, -0.05) is 36.8 Å². The number of ether oxygens (including phenoxy) is 2. The third kappa shape index (κ3) is 10.2. The van der Waals surface area contributed by atoms with Gasteiger partial charge in [-0.2, -0.15) is 8.78 Å². The van der Waals surface area contributed by atoms with Crippen molar-refractivity contribution >= 4 is 18.0 Å². The highest BCUT2D eigenvalue weighted by molar-refractivity contribution is 5.83.